The zero-order chi connectivity index (χ0) is 38.8. The zero-order valence-electron chi connectivity index (χ0n) is 31.5. The van der Waals surface area contributed by atoms with E-state index >= 15 is 0 Å². The van der Waals surface area contributed by atoms with Crippen LogP contribution in [0.5, 0.6) is 23.0 Å². The van der Waals surface area contributed by atoms with Crippen LogP contribution in [0.25, 0.3) is 0 Å². The molecule has 6 rings (SSSR count). The fraction of sp³-hybridized carbons (Fsp3) is 0.605. The molecule has 0 saturated carbocycles. The maximum Gasteiger partial charge on any atom is 0.270 e. The summed E-state index contributed by atoms with van der Waals surface area (Å²) in [6.45, 7) is 5.19. The summed E-state index contributed by atoms with van der Waals surface area (Å²) in [6, 6.07) is 6.25. The van der Waals surface area contributed by atoms with Gasteiger partial charge in [-0.05, 0) is 86.3 Å². The van der Waals surface area contributed by atoms with Gasteiger partial charge in [-0.1, -0.05) is 13.8 Å². The van der Waals surface area contributed by atoms with Gasteiger partial charge in [0.25, 0.3) is 21.9 Å². The smallest absolute Gasteiger partial charge is 0.270 e. The van der Waals surface area contributed by atoms with Gasteiger partial charge in [0.2, 0.25) is 5.91 Å². The molecule has 14 nitrogen and oxygen atoms in total. The van der Waals surface area contributed by atoms with Crippen molar-refractivity contribution >= 4 is 35.0 Å². The van der Waals surface area contributed by atoms with Crippen LogP contribution in [0.2, 0.25) is 0 Å². The maximum atomic E-state index is 14.4. The van der Waals surface area contributed by atoms with Crippen LogP contribution in [0.3, 0.4) is 0 Å². The van der Waals surface area contributed by atoms with E-state index in [4.69, 9.17) is 18.9 Å². The maximum absolute atomic E-state index is 14.4. The number of nitrogens with one attached hydrogen (secondary N) is 1. The summed E-state index contributed by atoms with van der Waals surface area (Å²) in [7, 11) is -4.69. The van der Waals surface area contributed by atoms with Crippen molar-refractivity contribution in [3.8, 4) is 23.0 Å². The molecule has 0 radical (unpaired) electrons. The SMILES string of the molecule is CCCC(=O)NCP(=O)(CCOc1cc2c(cc1OC)C(=O)N1CCC[C@H]1C(C)C2)CCOc1cc2c(cc1OC)C(=O)N1CCC[C@H]1C(S(=O)(=O)O)C2. The van der Waals surface area contributed by atoms with Crippen LogP contribution in [-0.4, -0.2) is 117 Å². The van der Waals surface area contributed by atoms with Gasteiger partial charge in [0.05, 0.1) is 39.8 Å². The van der Waals surface area contributed by atoms with Crippen molar-refractivity contribution in [1.29, 1.82) is 0 Å². The first-order chi connectivity index (χ1) is 25.8. The van der Waals surface area contributed by atoms with Gasteiger partial charge in [-0.3, -0.25) is 18.9 Å². The number of rotatable bonds is 15. The Morgan fingerprint density at radius 2 is 1.37 bits per heavy atom. The van der Waals surface area contributed by atoms with Crippen LogP contribution in [-0.2, 0) is 32.3 Å². The van der Waals surface area contributed by atoms with E-state index in [0.717, 1.165) is 31.4 Å². The van der Waals surface area contributed by atoms with Crippen molar-refractivity contribution in [1.82, 2.24) is 15.1 Å². The van der Waals surface area contributed by atoms with Crippen LogP contribution >= 0.6 is 7.14 Å². The van der Waals surface area contributed by atoms with Crippen molar-refractivity contribution in [2.75, 3.05) is 59.1 Å². The Kier molecular flexibility index (Phi) is 12.2. The topological polar surface area (TPSA) is 178 Å². The van der Waals surface area contributed by atoms with Gasteiger partial charge >= 0.3 is 0 Å². The van der Waals surface area contributed by atoms with Crippen LogP contribution in [0.4, 0.5) is 0 Å². The number of ether oxygens (including phenoxy) is 4. The number of nitrogens with zero attached hydrogens (tertiary/aromatic N) is 2. The van der Waals surface area contributed by atoms with E-state index in [1.165, 1.54) is 25.2 Å². The van der Waals surface area contributed by atoms with Gasteiger partial charge < -0.3 is 38.6 Å². The van der Waals surface area contributed by atoms with Crippen molar-refractivity contribution in [3.05, 3.63) is 46.5 Å². The average molecular weight is 790 g/mol. The molecular weight excluding hydrogens is 737 g/mol. The molecule has 2 saturated heterocycles. The van der Waals surface area contributed by atoms with Crippen LogP contribution in [0.1, 0.15) is 84.2 Å². The number of amides is 3. The lowest BCUT2D eigenvalue weighted by Crippen LogP contribution is -2.44. The number of carbonyl (C=O) groups excluding carboxylic acids is 3. The van der Waals surface area contributed by atoms with E-state index in [1.54, 1.807) is 12.1 Å². The molecule has 2 N–H and O–H groups in total. The first kappa shape index (κ1) is 39.9. The lowest BCUT2D eigenvalue weighted by atomic mass is 9.92. The molecule has 0 spiro atoms. The highest BCUT2D eigenvalue weighted by atomic mass is 32.2. The molecule has 0 bridgehead atoms. The summed E-state index contributed by atoms with van der Waals surface area (Å²) in [4.78, 5) is 43.0. The second-order valence-electron chi connectivity index (χ2n) is 14.9. The summed E-state index contributed by atoms with van der Waals surface area (Å²) in [5, 5.41) is 1.62. The molecule has 2 aromatic carbocycles. The van der Waals surface area contributed by atoms with Gasteiger partial charge in [0, 0.05) is 49.0 Å². The number of benzene rings is 2. The third-order valence-electron chi connectivity index (χ3n) is 11.3. The molecule has 296 valence electrons. The highest BCUT2D eigenvalue weighted by Crippen LogP contribution is 2.45. The van der Waals surface area contributed by atoms with E-state index < -0.39 is 28.6 Å². The Morgan fingerprint density at radius 3 is 1.89 bits per heavy atom. The number of methoxy groups -OCH3 is 2. The molecule has 0 aromatic heterocycles. The normalized spacial score (nSPS) is 23.3. The van der Waals surface area contributed by atoms with Gasteiger partial charge in [0.1, 0.15) is 12.4 Å². The highest BCUT2D eigenvalue weighted by Gasteiger charge is 2.45. The molecule has 3 amide bonds. The highest BCUT2D eigenvalue weighted by molar-refractivity contribution is 7.86. The predicted molar refractivity (Wildman–Crippen MR) is 202 cm³/mol. The van der Waals surface area contributed by atoms with Gasteiger partial charge in [-0.15, -0.1) is 0 Å². The first-order valence-corrected chi connectivity index (χ1v) is 22.6. The Hall–Kier alpha value is -3.81. The monoisotopic (exact) mass is 789 g/mol. The third kappa shape index (κ3) is 8.38. The van der Waals surface area contributed by atoms with Gasteiger partial charge in [0.15, 0.2) is 23.0 Å². The molecule has 4 heterocycles. The molecule has 3 unspecified atom stereocenters. The molecule has 4 aliphatic rings. The van der Waals surface area contributed by atoms with Crippen molar-refractivity contribution in [2.45, 2.75) is 82.5 Å². The second kappa shape index (κ2) is 16.5. The van der Waals surface area contributed by atoms with Gasteiger partial charge in [-0.2, -0.15) is 8.42 Å². The summed E-state index contributed by atoms with van der Waals surface area (Å²) in [5.41, 5.74) is 2.19. The minimum Gasteiger partial charge on any atom is -0.493 e. The Morgan fingerprint density at radius 1 is 0.852 bits per heavy atom. The largest absolute Gasteiger partial charge is 0.493 e. The Balaban J connectivity index is 1.18. The van der Waals surface area contributed by atoms with E-state index in [2.05, 4.69) is 12.2 Å². The lowest BCUT2D eigenvalue weighted by Gasteiger charge is -2.26. The predicted octanol–water partition coefficient (Wildman–Crippen LogP) is 4.61. The van der Waals surface area contributed by atoms with E-state index in [9.17, 15) is 31.9 Å². The van der Waals surface area contributed by atoms with Crippen LogP contribution in [0.15, 0.2) is 24.3 Å². The average Bonchev–Trinajstić information content (AvgIpc) is 3.79. The fourth-order valence-electron chi connectivity index (χ4n) is 8.46. The molecule has 2 aromatic rings. The molecule has 4 aliphatic heterocycles. The van der Waals surface area contributed by atoms with E-state index in [1.807, 2.05) is 17.9 Å². The van der Waals surface area contributed by atoms with Crippen molar-refractivity contribution in [3.63, 3.8) is 0 Å². The molecule has 5 atom stereocenters. The zero-order valence-corrected chi connectivity index (χ0v) is 33.2. The second-order valence-corrected chi connectivity index (χ2v) is 19.8. The van der Waals surface area contributed by atoms with Crippen molar-refractivity contribution < 1.29 is 50.9 Å². The number of carbonyl (C=O) groups is 3. The first-order valence-electron chi connectivity index (χ1n) is 18.9. The Labute approximate surface area is 317 Å². The number of fused-ring (bicyclic) bond motifs is 4. The van der Waals surface area contributed by atoms with Crippen LogP contribution < -0.4 is 24.3 Å². The molecule has 54 heavy (non-hydrogen) atoms. The molecular formula is C38H52N3O11PS. The summed E-state index contributed by atoms with van der Waals surface area (Å²) in [6.07, 6.45) is 4.77. The van der Waals surface area contributed by atoms with E-state index in [0.29, 0.717) is 54.9 Å². The molecule has 2 fully saturated rings. The quantitative estimate of drug-likeness (QED) is 0.190. The van der Waals surface area contributed by atoms with Crippen molar-refractivity contribution in [2.24, 2.45) is 5.92 Å². The Bertz CT molecular complexity index is 1920. The fourth-order valence-corrected chi connectivity index (χ4v) is 11.4. The van der Waals surface area contributed by atoms with E-state index in [-0.39, 0.29) is 85.0 Å². The number of hydrogen-bond donors (Lipinski definition) is 2. The minimum atomic E-state index is -4.47. The van der Waals surface area contributed by atoms with Gasteiger partial charge in [-0.25, -0.2) is 0 Å². The number of hydrogen-bond acceptors (Lipinski definition) is 10. The van der Waals surface area contributed by atoms with Crippen LogP contribution in [0, 0.1) is 5.92 Å². The summed E-state index contributed by atoms with van der Waals surface area (Å²) in [5.74, 6) is 1.09. The minimum absolute atomic E-state index is 0.00492. The molecule has 16 heteroatoms. The summed E-state index contributed by atoms with van der Waals surface area (Å²) < 4.78 is 73.0. The summed E-state index contributed by atoms with van der Waals surface area (Å²) >= 11 is 0. The standard InChI is InChI=1S/C38H52N3O11PS/c1-5-8-36(42)39-23-53(45,15-13-51-33-18-25-17-24(2)29-9-6-11-40(29)37(43)27(25)21-31(33)49-3)16-14-52-34-19-26-20-35(54(46,47)48)30-10-7-12-41(30)38(44)28(26)22-32(34)50-4/h18-19,21-22,24,29-30,35H,5-17,20,23H2,1-4H3,(H,39,42)(H,46,47,48)/t24?,29-,30-,35?,53?/m0/s1. The lowest BCUT2D eigenvalue weighted by molar-refractivity contribution is -0.120. The molecule has 0 aliphatic carbocycles. The third-order valence-corrected chi connectivity index (χ3v) is 15.3.